The van der Waals surface area contributed by atoms with Gasteiger partial charge in [-0.1, -0.05) is 79.7 Å². The lowest BCUT2D eigenvalue weighted by molar-refractivity contribution is -0.278. The van der Waals surface area contributed by atoms with Crippen LogP contribution in [0.5, 0.6) is 0 Å². The molecule has 3 heterocycles. The zero-order valence-electron chi connectivity index (χ0n) is 28.3. The van der Waals surface area contributed by atoms with Gasteiger partial charge >= 0.3 is 12.0 Å². The standard InChI is InChI=1S/C38H47N3O8/c1-3-45-34(43)23-40-37(44)39-22-31-6-4-5-7-32(31)28-12-14-30(15-13-28)36-48-33(24-41-18-16-38(17-19-41)46-20-21-47-38)26(2)35(49-36)29-10-8-27(25-42)9-11-29/h4-15,26,33,35-36,42H,3,16-25H2,1-2H3,(H2,39,40,44). The van der Waals surface area contributed by atoms with Crippen LogP contribution in [0, 0.1) is 5.92 Å². The second kappa shape index (κ2) is 16.2. The van der Waals surface area contributed by atoms with Crippen molar-refractivity contribution >= 4 is 12.0 Å². The van der Waals surface area contributed by atoms with E-state index in [1.807, 2.05) is 72.8 Å². The van der Waals surface area contributed by atoms with E-state index in [-0.39, 0.29) is 44.4 Å². The average molecular weight is 674 g/mol. The quantitative estimate of drug-likeness (QED) is 0.245. The molecule has 6 rings (SSSR count). The number of hydrogen-bond donors (Lipinski definition) is 3. The van der Waals surface area contributed by atoms with E-state index in [2.05, 4.69) is 22.5 Å². The predicted octanol–water partition coefficient (Wildman–Crippen LogP) is 4.84. The second-order valence-corrected chi connectivity index (χ2v) is 12.9. The van der Waals surface area contributed by atoms with Gasteiger partial charge in [0.15, 0.2) is 12.1 Å². The number of benzene rings is 3. The lowest BCUT2D eigenvalue weighted by Gasteiger charge is -2.44. The molecule has 0 radical (unpaired) electrons. The fourth-order valence-electron chi connectivity index (χ4n) is 6.82. The summed E-state index contributed by atoms with van der Waals surface area (Å²) >= 11 is 0. The fourth-order valence-corrected chi connectivity index (χ4v) is 6.82. The van der Waals surface area contributed by atoms with E-state index in [0.717, 1.165) is 65.9 Å². The molecule has 4 unspecified atom stereocenters. The Morgan fingerprint density at radius 3 is 2.31 bits per heavy atom. The number of amides is 2. The third-order valence-electron chi connectivity index (χ3n) is 9.64. The third-order valence-corrected chi connectivity index (χ3v) is 9.64. The Morgan fingerprint density at radius 2 is 1.61 bits per heavy atom. The molecule has 3 fully saturated rings. The molecule has 3 N–H and O–H groups in total. The number of likely N-dealkylation sites (tertiary alicyclic amines) is 1. The van der Waals surface area contributed by atoms with Gasteiger partial charge in [0.2, 0.25) is 0 Å². The summed E-state index contributed by atoms with van der Waals surface area (Å²) in [5.41, 5.74) is 5.73. The van der Waals surface area contributed by atoms with Crippen LogP contribution in [0.2, 0.25) is 0 Å². The topological polar surface area (TPSA) is 128 Å². The molecule has 0 aromatic heterocycles. The molecule has 0 aliphatic carbocycles. The molecule has 3 aliphatic heterocycles. The van der Waals surface area contributed by atoms with E-state index in [4.69, 9.17) is 23.7 Å². The predicted molar refractivity (Wildman–Crippen MR) is 182 cm³/mol. The maximum atomic E-state index is 12.3. The number of nitrogens with one attached hydrogen (secondary N) is 2. The van der Waals surface area contributed by atoms with Crippen molar-refractivity contribution in [2.45, 2.75) is 64.1 Å². The highest BCUT2D eigenvalue weighted by molar-refractivity contribution is 5.81. The van der Waals surface area contributed by atoms with E-state index in [0.29, 0.717) is 13.2 Å². The molecule has 0 saturated carbocycles. The van der Waals surface area contributed by atoms with Gasteiger partial charge in [0, 0.05) is 50.5 Å². The van der Waals surface area contributed by atoms with Gasteiger partial charge in [0.1, 0.15) is 6.54 Å². The Morgan fingerprint density at radius 1 is 0.918 bits per heavy atom. The van der Waals surface area contributed by atoms with Crippen LogP contribution in [0.3, 0.4) is 0 Å². The summed E-state index contributed by atoms with van der Waals surface area (Å²) in [6, 6.07) is 23.6. The summed E-state index contributed by atoms with van der Waals surface area (Å²) in [7, 11) is 0. The number of aliphatic hydroxyl groups is 1. The first kappa shape index (κ1) is 35.0. The van der Waals surface area contributed by atoms with Crippen molar-refractivity contribution in [2.24, 2.45) is 5.92 Å². The molecule has 11 nitrogen and oxygen atoms in total. The summed E-state index contributed by atoms with van der Waals surface area (Å²) < 4.78 is 30.2. The first-order valence-corrected chi connectivity index (χ1v) is 17.2. The zero-order chi connectivity index (χ0) is 34.2. The maximum absolute atomic E-state index is 12.3. The number of nitrogens with zero attached hydrogens (tertiary/aromatic N) is 1. The molecule has 3 aromatic carbocycles. The van der Waals surface area contributed by atoms with Crippen molar-refractivity contribution in [2.75, 3.05) is 46.0 Å². The van der Waals surface area contributed by atoms with Crippen molar-refractivity contribution in [3.05, 3.63) is 95.1 Å². The fraction of sp³-hybridized carbons (Fsp3) is 0.474. The van der Waals surface area contributed by atoms with Crippen LogP contribution in [0.4, 0.5) is 4.79 Å². The molecule has 1 spiro atoms. The molecule has 2 amide bonds. The van der Waals surface area contributed by atoms with E-state index in [1.165, 1.54) is 0 Å². The van der Waals surface area contributed by atoms with Crippen molar-refractivity contribution in [1.82, 2.24) is 15.5 Å². The largest absolute Gasteiger partial charge is 0.465 e. The van der Waals surface area contributed by atoms with Crippen LogP contribution in [-0.2, 0) is 41.6 Å². The smallest absolute Gasteiger partial charge is 0.325 e. The third kappa shape index (κ3) is 8.67. The summed E-state index contributed by atoms with van der Waals surface area (Å²) in [5.74, 6) is -0.825. The molecule has 3 aromatic rings. The number of carbonyl (C=O) groups is 2. The van der Waals surface area contributed by atoms with Crippen LogP contribution in [0.1, 0.15) is 61.3 Å². The minimum Gasteiger partial charge on any atom is -0.465 e. The van der Waals surface area contributed by atoms with E-state index < -0.39 is 24.1 Å². The summed E-state index contributed by atoms with van der Waals surface area (Å²) in [6.07, 6.45) is 0.835. The Kier molecular flexibility index (Phi) is 11.6. The molecule has 262 valence electrons. The molecule has 3 aliphatic rings. The van der Waals surface area contributed by atoms with Crippen LogP contribution in [0.25, 0.3) is 11.1 Å². The number of piperidine rings is 1. The van der Waals surface area contributed by atoms with Crippen LogP contribution in [0.15, 0.2) is 72.8 Å². The molecular formula is C38H47N3O8. The molecule has 49 heavy (non-hydrogen) atoms. The lowest BCUT2D eigenvalue weighted by Crippen LogP contribution is -2.50. The van der Waals surface area contributed by atoms with Gasteiger partial charge in [-0.2, -0.15) is 0 Å². The van der Waals surface area contributed by atoms with Gasteiger partial charge < -0.3 is 44.3 Å². The van der Waals surface area contributed by atoms with Gasteiger partial charge in [0.25, 0.3) is 0 Å². The minimum absolute atomic E-state index is 0.00613. The first-order valence-electron chi connectivity index (χ1n) is 17.2. The maximum Gasteiger partial charge on any atom is 0.325 e. The Labute approximate surface area is 287 Å². The number of carbonyl (C=O) groups excluding carboxylic acids is 2. The van der Waals surface area contributed by atoms with Crippen molar-refractivity contribution in [1.29, 1.82) is 0 Å². The number of ether oxygens (including phenoxy) is 5. The van der Waals surface area contributed by atoms with Gasteiger partial charge in [-0.15, -0.1) is 0 Å². The summed E-state index contributed by atoms with van der Waals surface area (Å²) in [6.45, 7) is 8.11. The highest BCUT2D eigenvalue weighted by Gasteiger charge is 2.43. The van der Waals surface area contributed by atoms with Gasteiger partial charge in [-0.25, -0.2) is 4.79 Å². The van der Waals surface area contributed by atoms with Crippen LogP contribution < -0.4 is 10.6 Å². The molecule has 11 heteroatoms. The van der Waals surface area contributed by atoms with E-state index >= 15 is 0 Å². The van der Waals surface area contributed by atoms with Crippen molar-refractivity contribution in [3.8, 4) is 11.1 Å². The second-order valence-electron chi connectivity index (χ2n) is 12.9. The number of urea groups is 1. The number of esters is 1. The number of hydrogen-bond acceptors (Lipinski definition) is 9. The molecule has 0 bridgehead atoms. The van der Waals surface area contributed by atoms with Gasteiger partial charge in [0.05, 0.1) is 38.6 Å². The summed E-state index contributed by atoms with van der Waals surface area (Å²) in [5, 5.41) is 15.0. The Hall–Kier alpha value is -3.84. The van der Waals surface area contributed by atoms with E-state index in [9.17, 15) is 14.7 Å². The average Bonchev–Trinajstić information content (AvgIpc) is 3.60. The highest BCUT2D eigenvalue weighted by Crippen LogP contribution is 2.43. The zero-order valence-corrected chi connectivity index (χ0v) is 28.3. The molecular weight excluding hydrogens is 626 g/mol. The molecule has 3 saturated heterocycles. The highest BCUT2D eigenvalue weighted by atomic mass is 16.7. The van der Waals surface area contributed by atoms with Crippen LogP contribution in [-0.4, -0.2) is 79.9 Å². The first-order chi connectivity index (χ1) is 23.9. The van der Waals surface area contributed by atoms with Gasteiger partial charge in [-0.05, 0) is 34.7 Å². The van der Waals surface area contributed by atoms with Crippen molar-refractivity contribution < 1.29 is 38.4 Å². The van der Waals surface area contributed by atoms with E-state index in [1.54, 1.807) is 6.92 Å². The normalized spacial score (nSPS) is 23.7. The Bertz CT molecular complexity index is 1530. The SMILES string of the molecule is CCOC(=O)CNC(=O)NCc1ccccc1-c1ccc(C2OC(CN3CCC4(CC3)OCCO4)C(C)C(c3ccc(CO)cc3)O2)cc1. The Balaban J connectivity index is 1.15. The lowest BCUT2D eigenvalue weighted by atomic mass is 9.89. The minimum atomic E-state index is -0.574. The number of rotatable bonds is 11. The summed E-state index contributed by atoms with van der Waals surface area (Å²) in [4.78, 5) is 26.3. The van der Waals surface area contributed by atoms with Gasteiger partial charge in [-0.3, -0.25) is 4.79 Å². The molecule has 4 atom stereocenters. The van der Waals surface area contributed by atoms with Crippen molar-refractivity contribution in [3.63, 3.8) is 0 Å². The number of aliphatic hydroxyl groups excluding tert-OH is 1. The van der Waals surface area contributed by atoms with Crippen LogP contribution >= 0.6 is 0 Å². The monoisotopic (exact) mass is 673 g/mol.